The minimum absolute atomic E-state index is 0.00400. The van der Waals surface area contributed by atoms with Crippen molar-refractivity contribution in [1.82, 2.24) is 0 Å². The predicted octanol–water partition coefficient (Wildman–Crippen LogP) is 8.20. The summed E-state index contributed by atoms with van der Waals surface area (Å²) in [5, 5.41) is 3.34. The zero-order valence-corrected chi connectivity index (χ0v) is 21.9. The molecule has 0 unspecified atom stereocenters. The fraction of sp³-hybridized carbons (Fsp3) is 0.154. The van der Waals surface area contributed by atoms with Crippen molar-refractivity contribution in [3.63, 3.8) is 0 Å². The lowest BCUT2D eigenvalue weighted by molar-refractivity contribution is -0.154. The number of fused-ring (bicyclic) bond motifs is 1. The number of carbonyl (C=O) groups excluding carboxylic acids is 1. The van der Waals surface area contributed by atoms with Crippen LogP contribution in [-0.2, 0) is 11.0 Å². The summed E-state index contributed by atoms with van der Waals surface area (Å²) < 4.78 is 57.4. The Hall–Kier alpha value is -3.40. The summed E-state index contributed by atoms with van der Waals surface area (Å²) in [5.74, 6) is -3.21. The number of benzene rings is 3. The van der Waals surface area contributed by atoms with Gasteiger partial charge in [-0.1, -0.05) is 34.8 Å². The quantitative estimate of drug-likeness (QED) is 0.246. The van der Waals surface area contributed by atoms with Crippen LogP contribution in [0.15, 0.2) is 57.7 Å². The first-order chi connectivity index (χ1) is 17.8. The van der Waals surface area contributed by atoms with E-state index in [2.05, 4.69) is 5.32 Å². The zero-order valence-electron chi connectivity index (χ0n) is 19.6. The van der Waals surface area contributed by atoms with Gasteiger partial charge < -0.3 is 19.2 Å². The highest BCUT2D eigenvalue weighted by Crippen LogP contribution is 2.39. The molecular weight excluding hydrogens is 570 g/mol. The van der Waals surface area contributed by atoms with Crippen molar-refractivity contribution in [2.45, 2.75) is 20.0 Å². The lowest BCUT2D eigenvalue weighted by Gasteiger charge is -2.15. The fourth-order valence-corrected chi connectivity index (χ4v) is 3.94. The molecule has 0 aliphatic rings. The van der Waals surface area contributed by atoms with E-state index < -0.39 is 41.2 Å². The molecule has 3 aromatic carbocycles. The van der Waals surface area contributed by atoms with Gasteiger partial charge in [-0.15, -0.1) is 0 Å². The number of amides is 1. The van der Waals surface area contributed by atoms with E-state index in [0.717, 1.165) is 6.07 Å². The van der Waals surface area contributed by atoms with Gasteiger partial charge in [-0.05, 0) is 67.4 Å². The zero-order chi connectivity index (χ0) is 27.8. The van der Waals surface area contributed by atoms with E-state index in [1.165, 1.54) is 42.5 Å². The van der Waals surface area contributed by atoms with Gasteiger partial charge in [0.25, 0.3) is 11.7 Å². The van der Waals surface area contributed by atoms with Gasteiger partial charge in [0, 0.05) is 16.8 Å². The highest BCUT2D eigenvalue weighted by atomic mass is 35.5. The molecule has 0 spiro atoms. The topological polar surface area (TPSA) is 77.8 Å². The second kappa shape index (κ2) is 10.8. The molecule has 0 atom stereocenters. The number of hydrogen-bond acceptors (Lipinski definition) is 5. The van der Waals surface area contributed by atoms with E-state index in [1.54, 1.807) is 13.8 Å². The van der Waals surface area contributed by atoms with E-state index in [-0.39, 0.29) is 21.9 Å². The van der Waals surface area contributed by atoms with Crippen LogP contribution in [0, 0.1) is 13.8 Å². The molecule has 4 rings (SSSR count). The normalized spacial score (nSPS) is 11.5. The summed E-state index contributed by atoms with van der Waals surface area (Å²) in [6.07, 6.45) is -5.05. The first kappa shape index (κ1) is 27.6. The Kier molecular flexibility index (Phi) is 7.83. The molecule has 12 heteroatoms. The van der Waals surface area contributed by atoms with Crippen molar-refractivity contribution >= 4 is 57.4 Å². The summed E-state index contributed by atoms with van der Waals surface area (Å²) in [5.41, 5.74) is 0.0509. The molecular formula is C26H17Cl3F3NO5. The van der Waals surface area contributed by atoms with E-state index in [9.17, 15) is 22.8 Å². The first-order valence-electron chi connectivity index (χ1n) is 10.8. The minimum Gasteiger partial charge on any atom is -0.484 e. The number of nitrogens with one attached hydrogen (secondary N) is 1. The molecule has 1 heterocycles. The standard InChI is InChI=1S/C26H17Cl3F3NO5/c1-12-7-16(8-13(2)22(12)29)37-24-23(35)17-5-4-15(10-20(17)38-25(24)26(30,31)32)36-11-21(34)33-14-3-6-18(27)19(28)9-14/h3-10H,11H2,1-2H3,(H,33,34). The number of aryl methyl sites for hydroxylation is 2. The average Bonchev–Trinajstić information content (AvgIpc) is 2.84. The monoisotopic (exact) mass is 585 g/mol. The van der Waals surface area contributed by atoms with E-state index in [4.69, 9.17) is 48.7 Å². The van der Waals surface area contributed by atoms with Crippen molar-refractivity contribution < 1.29 is 31.9 Å². The number of anilines is 1. The second-order valence-corrected chi connectivity index (χ2v) is 9.38. The first-order valence-corrected chi connectivity index (χ1v) is 12.0. The summed E-state index contributed by atoms with van der Waals surface area (Å²) in [4.78, 5) is 25.2. The van der Waals surface area contributed by atoms with Crippen LogP contribution in [0.25, 0.3) is 11.0 Å². The van der Waals surface area contributed by atoms with Crippen LogP contribution in [0.4, 0.5) is 18.9 Å². The molecule has 1 amide bonds. The fourth-order valence-electron chi connectivity index (χ4n) is 3.53. The Bertz CT molecular complexity index is 1600. The van der Waals surface area contributed by atoms with Crippen LogP contribution < -0.4 is 20.2 Å². The van der Waals surface area contributed by atoms with Crippen LogP contribution in [0.5, 0.6) is 17.2 Å². The molecule has 0 aliphatic carbocycles. The van der Waals surface area contributed by atoms with E-state index >= 15 is 0 Å². The molecule has 198 valence electrons. The van der Waals surface area contributed by atoms with Gasteiger partial charge in [-0.25, -0.2) is 0 Å². The molecule has 38 heavy (non-hydrogen) atoms. The third kappa shape index (κ3) is 6.01. The number of alkyl halides is 3. The van der Waals surface area contributed by atoms with Crippen molar-refractivity contribution in [2.24, 2.45) is 0 Å². The summed E-state index contributed by atoms with van der Waals surface area (Å²) in [7, 11) is 0. The molecule has 4 aromatic rings. The van der Waals surface area contributed by atoms with Crippen molar-refractivity contribution in [2.75, 3.05) is 11.9 Å². The lowest BCUT2D eigenvalue weighted by atomic mass is 10.1. The van der Waals surface area contributed by atoms with Crippen molar-refractivity contribution in [1.29, 1.82) is 0 Å². The van der Waals surface area contributed by atoms with E-state index in [0.29, 0.717) is 26.9 Å². The van der Waals surface area contributed by atoms with Crippen molar-refractivity contribution in [3.8, 4) is 17.2 Å². The van der Waals surface area contributed by atoms with Gasteiger partial charge in [0.15, 0.2) is 6.61 Å². The number of rotatable bonds is 6. The minimum atomic E-state index is -5.05. The van der Waals surface area contributed by atoms with Crippen LogP contribution in [0.2, 0.25) is 15.1 Å². The van der Waals surface area contributed by atoms with Crippen molar-refractivity contribution in [3.05, 3.63) is 90.7 Å². The molecule has 6 nitrogen and oxygen atoms in total. The van der Waals surface area contributed by atoms with Gasteiger partial charge in [-0.3, -0.25) is 9.59 Å². The number of ether oxygens (including phenoxy) is 2. The SMILES string of the molecule is Cc1cc(Oc2c(C(F)(F)F)oc3cc(OCC(=O)Nc4ccc(Cl)c(Cl)c4)ccc3c2=O)cc(C)c1Cl. The average molecular weight is 587 g/mol. The molecule has 0 aliphatic heterocycles. The predicted molar refractivity (Wildman–Crippen MR) is 139 cm³/mol. The third-order valence-corrected chi connectivity index (χ3v) is 6.62. The molecule has 0 saturated heterocycles. The van der Waals surface area contributed by atoms with Gasteiger partial charge in [-0.2, -0.15) is 13.2 Å². The molecule has 0 radical (unpaired) electrons. The highest BCUT2D eigenvalue weighted by Gasteiger charge is 2.40. The number of hydrogen-bond donors (Lipinski definition) is 1. The van der Waals surface area contributed by atoms with Gasteiger partial charge in [0.1, 0.15) is 17.1 Å². The van der Waals surface area contributed by atoms with Gasteiger partial charge in [0.05, 0.1) is 15.4 Å². The maximum absolute atomic E-state index is 13.9. The maximum Gasteiger partial charge on any atom is 0.453 e. The number of halogens is 6. The van der Waals surface area contributed by atoms with Crippen LogP contribution in [0.1, 0.15) is 16.9 Å². The summed E-state index contributed by atoms with van der Waals surface area (Å²) in [6, 6.07) is 10.9. The Morgan fingerprint density at radius 3 is 2.26 bits per heavy atom. The van der Waals surface area contributed by atoms with E-state index in [1.807, 2.05) is 0 Å². The molecule has 0 fully saturated rings. The molecule has 1 N–H and O–H groups in total. The molecule has 0 saturated carbocycles. The van der Waals surface area contributed by atoms with Gasteiger partial charge >= 0.3 is 6.18 Å². The largest absolute Gasteiger partial charge is 0.484 e. The van der Waals surface area contributed by atoms with Gasteiger partial charge in [0.2, 0.25) is 11.2 Å². The lowest BCUT2D eigenvalue weighted by Crippen LogP contribution is -2.20. The molecule has 1 aromatic heterocycles. The summed E-state index contributed by atoms with van der Waals surface area (Å²) in [6.45, 7) is 2.82. The second-order valence-electron chi connectivity index (χ2n) is 8.18. The Labute approximate surface area is 228 Å². The maximum atomic E-state index is 13.9. The van der Waals surface area contributed by atoms with Crippen LogP contribution >= 0.6 is 34.8 Å². The highest BCUT2D eigenvalue weighted by molar-refractivity contribution is 6.42. The summed E-state index contributed by atoms with van der Waals surface area (Å²) >= 11 is 17.9. The third-order valence-electron chi connectivity index (χ3n) is 5.28. The molecule has 0 bridgehead atoms. The Balaban J connectivity index is 1.61. The number of carbonyl (C=O) groups is 1. The van der Waals surface area contributed by atoms with Crippen LogP contribution in [-0.4, -0.2) is 12.5 Å². The van der Waals surface area contributed by atoms with Crippen LogP contribution in [0.3, 0.4) is 0 Å². The Morgan fingerprint density at radius 2 is 1.63 bits per heavy atom. The smallest absolute Gasteiger partial charge is 0.453 e. The Morgan fingerprint density at radius 1 is 0.947 bits per heavy atom.